The maximum absolute atomic E-state index is 12.2. The number of rotatable bonds is 0. The Hall–Kier alpha value is -2.27. The molecule has 0 aromatic heterocycles. The van der Waals surface area contributed by atoms with Crippen LogP contribution in [-0.2, 0) is 4.74 Å². The minimum absolute atomic E-state index is 0.0207. The highest BCUT2D eigenvalue weighted by Gasteiger charge is 2.20. The number of phenols is 2. The van der Waals surface area contributed by atoms with Gasteiger partial charge in [-0.3, -0.25) is 0 Å². The van der Waals surface area contributed by atoms with Gasteiger partial charge in [0.05, 0.1) is 6.10 Å². The van der Waals surface area contributed by atoms with Crippen LogP contribution in [0.3, 0.4) is 0 Å². The molecule has 21 heavy (non-hydrogen) atoms. The van der Waals surface area contributed by atoms with Crippen molar-refractivity contribution in [1.82, 2.24) is 0 Å². The molecule has 1 aliphatic rings. The van der Waals surface area contributed by atoms with Gasteiger partial charge >= 0.3 is 5.97 Å². The van der Waals surface area contributed by atoms with Crippen molar-refractivity contribution in [2.24, 2.45) is 0 Å². The minimum atomic E-state index is -0.704. The number of hydrogen-bond acceptors (Lipinski definition) is 5. The van der Waals surface area contributed by atoms with Crippen molar-refractivity contribution in [3.05, 3.63) is 41.5 Å². The Kier molecular flexibility index (Phi) is 4.65. The van der Waals surface area contributed by atoms with Crippen LogP contribution in [0.15, 0.2) is 30.4 Å². The van der Waals surface area contributed by atoms with Gasteiger partial charge in [0.25, 0.3) is 0 Å². The van der Waals surface area contributed by atoms with Gasteiger partial charge in [-0.05, 0) is 25.0 Å². The molecule has 0 unspecified atom stereocenters. The average Bonchev–Trinajstić information content (AvgIpc) is 2.39. The Labute approximate surface area is 122 Å². The number of aromatic hydroxyl groups is 2. The smallest absolute Gasteiger partial charge is 0.342 e. The topological polar surface area (TPSA) is 87.0 Å². The highest BCUT2D eigenvalue weighted by atomic mass is 16.5. The maximum Gasteiger partial charge on any atom is 0.342 e. The summed E-state index contributed by atoms with van der Waals surface area (Å²) in [5.41, 5.74) is 0.279. The first-order chi connectivity index (χ1) is 9.97. The van der Waals surface area contributed by atoms with Gasteiger partial charge < -0.3 is 20.1 Å². The third-order valence-corrected chi connectivity index (χ3v) is 3.16. The molecule has 2 atom stereocenters. The number of benzene rings is 1. The van der Waals surface area contributed by atoms with E-state index in [4.69, 9.17) is 4.74 Å². The summed E-state index contributed by atoms with van der Waals surface area (Å²) in [5, 5.41) is 29.2. The molecule has 5 heteroatoms. The third kappa shape index (κ3) is 3.86. The summed E-state index contributed by atoms with van der Waals surface area (Å²) in [5.74, 6) is -1.18. The zero-order valence-corrected chi connectivity index (χ0v) is 11.7. The number of aliphatic hydroxyl groups is 1. The maximum atomic E-state index is 12.2. The number of hydrogen-bond donors (Lipinski definition) is 3. The van der Waals surface area contributed by atoms with Crippen LogP contribution in [0.4, 0.5) is 0 Å². The lowest BCUT2D eigenvalue weighted by Gasteiger charge is -2.15. The van der Waals surface area contributed by atoms with Crippen LogP contribution >= 0.6 is 0 Å². The molecular formula is C16H18O5. The van der Waals surface area contributed by atoms with Crippen LogP contribution in [0.1, 0.15) is 35.7 Å². The Morgan fingerprint density at radius 1 is 1.19 bits per heavy atom. The van der Waals surface area contributed by atoms with E-state index in [2.05, 4.69) is 0 Å². The molecule has 1 heterocycles. The van der Waals surface area contributed by atoms with Crippen LogP contribution < -0.4 is 0 Å². The molecule has 0 spiro atoms. The lowest BCUT2D eigenvalue weighted by Crippen LogP contribution is -2.16. The molecular weight excluding hydrogens is 272 g/mol. The van der Waals surface area contributed by atoms with Gasteiger partial charge in [0, 0.05) is 12.5 Å². The van der Waals surface area contributed by atoms with Gasteiger partial charge in [-0.25, -0.2) is 4.79 Å². The lowest BCUT2D eigenvalue weighted by atomic mass is 10.0. The fourth-order valence-electron chi connectivity index (χ4n) is 2.09. The molecule has 1 aromatic rings. The molecule has 5 nitrogen and oxygen atoms in total. The molecule has 0 saturated heterocycles. The largest absolute Gasteiger partial charge is 0.508 e. The summed E-state index contributed by atoms with van der Waals surface area (Å²) in [6.07, 6.45) is 6.56. The van der Waals surface area contributed by atoms with Gasteiger partial charge in [-0.15, -0.1) is 0 Å². The van der Waals surface area contributed by atoms with Crippen LogP contribution in [0, 0.1) is 0 Å². The molecule has 0 saturated carbocycles. The number of esters is 1. The summed E-state index contributed by atoms with van der Waals surface area (Å²) >= 11 is 0. The average molecular weight is 290 g/mol. The number of phenolic OH excluding ortho intramolecular Hbond substituents is 2. The summed E-state index contributed by atoms with van der Waals surface area (Å²) in [4.78, 5) is 12.2. The van der Waals surface area contributed by atoms with E-state index in [1.54, 1.807) is 6.92 Å². The van der Waals surface area contributed by atoms with Crippen LogP contribution in [-0.4, -0.2) is 33.5 Å². The fourth-order valence-corrected chi connectivity index (χ4v) is 2.09. The van der Waals surface area contributed by atoms with Crippen LogP contribution in [0.2, 0.25) is 0 Å². The molecule has 0 aliphatic carbocycles. The number of aliphatic hydroxyl groups excluding tert-OH is 1. The van der Waals surface area contributed by atoms with Gasteiger partial charge in [0.1, 0.15) is 23.2 Å². The second kappa shape index (κ2) is 6.45. The Bertz CT molecular complexity index is 589. The summed E-state index contributed by atoms with van der Waals surface area (Å²) < 4.78 is 5.27. The molecule has 0 radical (unpaired) electrons. The van der Waals surface area contributed by atoms with E-state index in [1.165, 1.54) is 18.2 Å². The fraction of sp³-hybridized carbons (Fsp3) is 0.312. The van der Waals surface area contributed by atoms with Crippen LogP contribution in [0.25, 0.3) is 6.08 Å². The lowest BCUT2D eigenvalue weighted by molar-refractivity contribution is 0.0344. The molecule has 1 aromatic carbocycles. The van der Waals surface area contributed by atoms with Crippen molar-refractivity contribution in [3.63, 3.8) is 0 Å². The number of cyclic esters (lactones) is 1. The quantitative estimate of drug-likeness (QED) is 0.504. The standard InChI is InChI=1S/C16H18O5/c1-10-4-2-3-5-12(17)7-6-11-8-13(18)9-14(19)15(11)16(20)21-10/h2-3,6-10,12,17-19H,4-5H2,1H3/t10-,12+/m1/s1. The first kappa shape index (κ1) is 15.1. The number of carbonyl (C=O) groups is 1. The SMILES string of the molecule is C[C@@H]1CC=CC[C@H](O)C=Cc2cc(O)cc(O)c2C(=O)O1. The molecule has 112 valence electrons. The second-order valence-electron chi connectivity index (χ2n) is 5.01. The summed E-state index contributed by atoms with van der Waals surface area (Å²) in [6.45, 7) is 1.75. The first-order valence-corrected chi connectivity index (χ1v) is 6.75. The zero-order chi connectivity index (χ0) is 15.4. The van der Waals surface area contributed by atoms with Gasteiger partial charge in [0.2, 0.25) is 0 Å². The van der Waals surface area contributed by atoms with Crippen LogP contribution in [0.5, 0.6) is 11.5 Å². The first-order valence-electron chi connectivity index (χ1n) is 6.75. The Morgan fingerprint density at radius 2 is 1.90 bits per heavy atom. The number of fused-ring (bicyclic) bond motifs is 1. The van der Waals surface area contributed by atoms with E-state index in [1.807, 2.05) is 12.2 Å². The van der Waals surface area contributed by atoms with E-state index >= 15 is 0 Å². The monoisotopic (exact) mass is 290 g/mol. The second-order valence-corrected chi connectivity index (χ2v) is 5.01. The Balaban J connectivity index is 2.48. The van der Waals surface area contributed by atoms with Crippen molar-refractivity contribution in [3.8, 4) is 11.5 Å². The number of ether oxygens (including phenoxy) is 1. The summed E-state index contributed by atoms with van der Waals surface area (Å²) in [7, 11) is 0. The van der Waals surface area contributed by atoms with Gasteiger partial charge in [0.15, 0.2) is 0 Å². The summed E-state index contributed by atoms with van der Waals surface area (Å²) in [6, 6.07) is 2.42. The van der Waals surface area contributed by atoms with Gasteiger partial charge in [-0.1, -0.05) is 24.3 Å². The third-order valence-electron chi connectivity index (χ3n) is 3.16. The zero-order valence-electron chi connectivity index (χ0n) is 11.7. The predicted octanol–water partition coefficient (Wildman–Crippen LogP) is 2.37. The highest BCUT2D eigenvalue weighted by molar-refractivity contribution is 5.97. The van der Waals surface area contributed by atoms with E-state index < -0.39 is 12.1 Å². The molecule has 1 aliphatic heterocycles. The minimum Gasteiger partial charge on any atom is -0.508 e. The van der Waals surface area contributed by atoms with Crippen molar-refractivity contribution < 1.29 is 24.9 Å². The Morgan fingerprint density at radius 3 is 2.67 bits per heavy atom. The van der Waals surface area contributed by atoms with E-state index in [-0.39, 0.29) is 23.2 Å². The van der Waals surface area contributed by atoms with Gasteiger partial charge in [-0.2, -0.15) is 0 Å². The van der Waals surface area contributed by atoms with E-state index in [0.29, 0.717) is 18.4 Å². The highest BCUT2D eigenvalue weighted by Crippen LogP contribution is 2.29. The molecule has 3 N–H and O–H groups in total. The predicted molar refractivity (Wildman–Crippen MR) is 78.1 cm³/mol. The van der Waals surface area contributed by atoms with Crippen molar-refractivity contribution in [1.29, 1.82) is 0 Å². The number of carbonyl (C=O) groups excluding carboxylic acids is 1. The van der Waals surface area contributed by atoms with Crippen molar-refractivity contribution in [2.75, 3.05) is 0 Å². The molecule has 0 fully saturated rings. The van der Waals surface area contributed by atoms with E-state index in [9.17, 15) is 20.1 Å². The molecule has 0 amide bonds. The molecule has 0 bridgehead atoms. The molecule has 2 rings (SSSR count). The normalized spacial score (nSPS) is 22.9. The van der Waals surface area contributed by atoms with Crippen molar-refractivity contribution >= 4 is 12.0 Å². The van der Waals surface area contributed by atoms with E-state index in [0.717, 1.165) is 6.07 Å². The van der Waals surface area contributed by atoms with Crippen molar-refractivity contribution in [2.45, 2.75) is 32.0 Å².